The van der Waals surface area contributed by atoms with Crippen molar-refractivity contribution < 1.29 is 22.4 Å². The van der Waals surface area contributed by atoms with Crippen LogP contribution in [0.1, 0.15) is 42.4 Å². The van der Waals surface area contributed by atoms with Gasteiger partial charge in [0.1, 0.15) is 11.6 Å². The number of Topliss-reactive ketones (excluding diaryl/α,β-unsaturated/α-hetero) is 1. The second kappa shape index (κ2) is 7.90. The maximum Gasteiger partial charge on any atom is 0.416 e. The number of ketones is 1. The Bertz CT molecular complexity index is 866. The number of piperidine rings is 1. The normalized spacial score (nSPS) is 24.6. The van der Waals surface area contributed by atoms with Crippen LogP contribution >= 0.6 is 0 Å². The van der Waals surface area contributed by atoms with Gasteiger partial charge in [0.05, 0.1) is 5.56 Å². The van der Waals surface area contributed by atoms with E-state index in [1.807, 2.05) is 18.2 Å². The van der Waals surface area contributed by atoms with E-state index < -0.39 is 17.6 Å². The third kappa shape index (κ3) is 4.37. The van der Waals surface area contributed by atoms with Gasteiger partial charge >= 0.3 is 6.18 Å². The molecule has 0 N–H and O–H groups in total. The van der Waals surface area contributed by atoms with Crippen molar-refractivity contribution in [3.8, 4) is 0 Å². The fourth-order valence-electron chi connectivity index (χ4n) is 4.91. The molecule has 2 fully saturated rings. The van der Waals surface area contributed by atoms with Gasteiger partial charge in [-0.1, -0.05) is 30.3 Å². The number of carbonyl (C=O) groups excluding carboxylic acids is 1. The zero-order chi connectivity index (χ0) is 20.6. The highest BCUT2D eigenvalue weighted by Crippen LogP contribution is 2.41. The topological polar surface area (TPSA) is 20.3 Å². The maximum absolute atomic E-state index is 13.5. The molecule has 2 aliphatic heterocycles. The van der Waals surface area contributed by atoms with Crippen LogP contribution in [-0.2, 0) is 23.9 Å². The van der Waals surface area contributed by atoms with E-state index in [0.29, 0.717) is 12.8 Å². The largest absolute Gasteiger partial charge is 0.416 e. The van der Waals surface area contributed by atoms with Crippen LogP contribution in [-0.4, -0.2) is 22.8 Å². The van der Waals surface area contributed by atoms with E-state index in [4.69, 9.17) is 0 Å². The lowest BCUT2D eigenvalue weighted by atomic mass is 9.84. The number of nitrogens with zero attached hydrogens (tertiary/aromatic N) is 1. The lowest BCUT2D eigenvalue weighted by Gasteiger charge is -2.38. The van der Waals surface area contributed by atoms with Crippen LogP contribution in [0.3, 0.4) is 0 Å². The van der Waals surface area contributed by atoms with Crippen molar-refractivity contribution in [1.82, 2.24) is 4.90 Å². The first-order valence-corrected chi connectivity index (χ1v) is 9.99. The molecule has 2 nitrogen and oxygen atoms in total. The number of alkyl halides is 3. The number of halogens is 4. The van der Waals surface area contributed by atoms with E-state index in [-0.39, 0.29) is 35.8 Å². The van der Waals surface area contributed by atoms with E-state index in [0.717, 1.165) is 37.6 Å². The first-order chi connectivity index (χ1) is 13.8. The molecule has 2 atom stereocenters. The number of fused-ring (bicyclic) bond motifs is 2. The Morgan fingerprint density at radius 2 is 1.66 bits per heavy atom. The third-order valence-electron chi connectivity index (χ3n) is 6.29. The summed E-state index contributed by atoms with van der Waals surface area (Å²) < 4.78 is 53.2. The van der Waals surface area contributed by atoms with Gasteiger partial charge in [-0.15, -0.1) is 0 Å². The Labute approximate surface area is 167 Å². The molecule has 2 saturated heterocycles. The van der Waals surface area contributed by atoms with Gasteiger partial charge in [0.15, 0.2) is 0 Å². The first-order valence-electron chi connectivity index (χ1n) is 9.99. The molecule has 2 aliphatic rings. The molecule has 0 aliphatic carbocycles. The highest BCUT2D eigenvalue weighted by molar-refractivity contribution is 5.84. The lowest BCUT2D eigenvalue weighted by Crippen LogP contribution is -2.44. The zero-order valence-electron chi connectivity index (χ0n) is 16.0. The number of carbonyl (C=O) groups is 1. The molecule has 154 valence electrons. The van der Waals surface area contributed by atoms with Crippen LogP contribution in [0.5, 0.6) is 0 Å². The summed E-state index contributed by atoms with van der Waals surface area (Å²) in [5.74, 6) is -1.22. The molecular weight excluding hydrogens is 382 g/mol. The molecule has 0 spiro atoms. The van der Waals surface area contributed by atoms with Crippen molar-refractivity contribution in [2.75, 3.05) is 0 Å². The lowest BCUT2D eigenvalue weighted by molar-refractivity contribution is -0.138. The first kappa shape index (κ1) is 20.1. The van der Waals surface area contributed by atoms with E-state index in [9.17, 15) is 22.4 Å². The average Bonchev–Trinajstić information content (AvgIpc) is 2.89. The van der Waals surface area contributed by atoms with Crippen LogP contribution < -0.4 is 0 Å². The molecule has 0 saturated carbocycles. The summed E-state index contributed by atoms with van der Waals surface area (Å²) in [4.78, 5) is 15.3. The zero-order valence-corrected chi connectivity index (χ0v) is 16.0. The van der Waals surface area contributed by atoms with Crippen LogP contribution in [0, 0.1) is 11.7 Å². The standard InChI is InChI=1S/C23H23F4NO/c24-18-6-9-21(23(25,26)27)16(10-18)13-22(29)17-11-19-7-8-20(12-17)28(19)14-15-4-2-1-3-5-15/h1-6,9-10,17,19-20H,7-8,11-14H2. The van der Waals surface area contributed by atoms with Gasteiger partial charge in [-0.05, 0) is 55.0 Å². The quantitative estimate of drug-likeness (QED) is 0.621. The smallest absolute Gasteiger partial charge is 0.299 e. The molecule has 2 aromatic rings. The monoisotopic (exact) mass is 405 g/mol. The van der Waals surface area contributed by atoms with Gasteiger partial charge in [0, 0.05) is 31.0 Å². The molecule has 0 amide bonds. The molecule has 2 heterocycles. The molecule has 2 unspecified atom stereocenters. The molecule has 2 bridgehead atoms. The van der Waals surface area contributed by atoms with E-state index >= 15 is 0 Å². The van der Waals surface area contributed by atoms with Gasteiger partial charge < -0.3 is 0 Å². The molecule has 6 heteroatoms. The van der Waals surface area contributed by atoms with Gasteiger partial charge in [-0.3, -0.25) is 9.69 Å². The molecular formula is C23H23F4NO. The molecule has 0 aromatic heterocycles. The average molecular weight is 405 g/mol. The summed E-state index contributed by atoms with van der Waals surface area (Å²) >= 11 is 0. The number of hydrogen-bond acceptors (Lipinski definition) is 2. The predicted molar refractivity (Wildman–Crippen MR) is 102 cm³/mol. The summed E-state index contributed by atoms with van der Waals surface area (Å²) in [5, 5.41) is 0. The predicted octanol–water partition coefficient (Wildman–Crippen LogP) is 5.40. The summed E-state index contributed by atoms with van der Waals surface area (Å²) in [7, 11) is 0. The van der Waals surface area contributed by atoms with Gasteiger partial charge in [-0.25, -0.2) is 4.39 Å². The van der Waals surface area contributed by atoms with Crippen molar-refractivity contribution in [2.24, 2.45) is 5.92 Å². The van der Waals surface area contributed by atoms with E-state index in [1.54, 1.807) is 0 Å². The van der Waals surface area contributed by atoms with E-state index in [1.165, 1.54) is 5.56 Å². The van der Waals surface area contributed by atoms with Crippen LogP contribution in [0.2, 0.25) is 0 Å². The molecule has 0 radical (unpaired) electrons. The van der Waals surface area contributed by atoms with E-state index in [2.05, 4.69) is 17.0 Å². The third-order valence-corrected chi connectivity index (χ3v) is 6.29. The summed E-state index contributed by atoms with van der Waals surface area (Å²) in [5.41, 5.74) is 0.0436. The van der Waals surface area contributed by atoms with Crippen LogP contribution in [0.15, 0.2) is 48.5 Å². The summed E-state index contributed by atoms with van der Waals surface area (Å²) in [6.07, 6.45) is -1.61. The minimum Gasteiger partial charge on any atom is -0.299 e. The van der Waals surface area contributed by atoms with Crippen molar-refractivity contribution in [3.05, 3.63) is 71.0 Å². The Hall–Kier alpha value is -2.21. The van der Waals surface area contributed by atoms with Gasteiger partial charge in [0.2, 0.25) is 0 Å². The fraction of sp³-hybridized carbons (Fsp3) is 0.435. The Kier molecular flexibility index (Phi) is 5.47. The second-order valence-corrected chi connectivity index (χ2v) is 8.15. The van der Waals surface area contributed by atoms with Gasteiger partial charge in [-0.2, -0.15) is 13.2 Å². The number of benzene rings is 2. The number of rotatable bonds is 5. The highest BCUT2D eigenvalue weighted by atomic mass is 19.4. The summed E-state index contributed by atoms with van der Waals surface area (Å²) in [6.45, 7) is 0.833. The van der Waals surface area contributed by atoms with Crippen molar-refractivity contribution in [2.45, 2.75) is 56.9 Å². The van der Waals surface area contributed by atoms with Gasteiger partial charge in [0.25, 0.3) is 0 Å². The Morgan fingerprint density at radius 3 is 2.28 bits per heavy atom. The highest BCUT2D eigenvalue weighted by Gasteiger charge is 2.43. The minimum absolute atomic E-state index is 0.211. The van der Waals surface area contributed by atoms with Crippen molar-refractivity contribution in [3.63, 3.8) is 0 Å². The van der Waals surface area contributed by atoms with Crippen molar-refractivity contribution >= 4 is 5.78 Å². The van der Waals surface area contributed by atoms with Crippen LogP contribution in [0.25, 0.3) is 0 Å². The van der Waals surface area contributed by atoms with Crippen LogP contribution in [0.4, 0.5) is 17.6 Å². The second-order valence-electron chi connectivity index (χ2n) is 8.15. The molecule has 29 heavy (non-hydrogen) atoms. The SMILES string of the molecule is O=C(Cc1cc(F)ccc1C(F)(F)F)C1CC2CCC(C1)N2Cc1ccccc1. The molecule has 2 aromatic carbocycles. The fourth-order valence-corrected chi connectivity index (χ4v) is 4.91. The minimum atomic E-state index is -4.60. The Morgan fingerprint density at radius 1 is 1.00 bits per heavy atom. The molecule has 4 rings (SSSR count). The maximum atomic E-state index is 13.5. The number of hydrogen-bond donors (Lipinski definition) is 0. The summed E-state index contributed by atoms with van der Waals surface area (Å²) in [6, 6.07) is 13.1. The Balaban J connectivity index is 1.45. The van der Waals surface area contributed by atoms with Crippen molar-refractivity contribution in [1.29, 1.82) is 0 Å².